The maximum Gasteiger partial charge on any atom is 0.328 e. The molecule has 5 rings (SSSR count). The summed E-state index contributed by atoms with van der Waals surface area (Å²) in [7, 11) is 0. The van der Waals surface area contributed by atoms with Gasteiger partial charge in [-0.05, 0) is 50.3 Å². The highest BCUT2D eigenvalue weighted by molar-refractivity contribution is 7.99. The van der Waals surface area contributed by atoms with E-state index in [9.17, 15) is 14.0 Å². The topological polar surface area (TPSA) is 103 Å². The minimum Gasteiger partial charge on any atom is -0.315 e. The fourth-order valence-corrected chi connectivity index (χ4v) is 5.87. The predicted octanol–water partition coefficient (Wildman–Crippen LogP) is 3.89. The van der Waals surface area contributed by atoms with Crippen molar-refractivity contribution in [3.05, 3.63) is 56.7 Å². The van der Waals surface area contributed by atoms with Crippen LogP contribution < -0.4 is 10.9 Å². The molecule has 11 heteroatoms. The van der Waals surface area contributed by atoms with Crippen LogP contribution >= 0.6 is 23.1 Å². The van der Waals surface area contributed by atoms with Gasteiger partial charge in [-0.15, -0.1) is 11.3 Å². The number of anilines is 1. The molecule has 1 aliphatic carbocycles. The Morgan fingerprint density at radius 3 is 2.88 bits per heavy atom. The number of amides is 1. The lowest BCUT2D eigenvalue weighted by Crippen LogP contribution is -2.24. The van der Waals surface area contributed by atoms with Crippen LogP contribution in [0.5, 0.6) is 0 Å². The number of carbonyl (C=O) groups is 1. The SMILES string of the molecule is Cc1noc(NC(=O)CSc2nc3sc4c(c3c(=O)n2-c2ccccc2F)CCCC4)n1. The number of carbonyl (C=O) groups excluding carboxylic acids is 1. The second-order valence-electron chi connectivity index (χ2n) is 7.36. The molecule has 1 aromatic carbocycles. The first-order valence-electron chi connectivity index (χ1n) is 10.1. The number of nitrogens with zero attached hydrogens (tertiary/aromatic N) is 4. The molecule has 4 aromatic rings. The first kappa shape index (κ1) is 20.8. The molecule has 0 saturated heterocycles. The summed E-state index contributed by atoms with van der Waals surface area (Å²) in [6, 6.07) is 6.06. The number of thioether (sulfide) groups is 1. The molecule has 0 saturated carbocycles. The molecular formula is C21H18FN5O3S2. The van der Waals surface area contributed by atoms with Gasteiger partial charge in [-0.1, -0.05) is 29.1 Å². The monoisotopic (exact) mass is 471 g/mol. The molecule has 0 atom stereocenters. The molecule has 164 valence electrons. The zero-order valence-corrected chi connectivity index (χ0v) is 18.7. The van der Waals surface area contributed by atoms with Crippen LogP contribution in [-0.2, 0) is 17.6 Å². The van der Waals surface area contributed by atoms with Crippen LogP contribution in [0.25, 0.3) is 15.9 Å². The number of halogens is 1. The average molecular weight is 472 g/mol. The zero-order valence-electron chi connectivity index (χ0n) is 17.1. The Labute approximate surface area is 189 Å². The number of nitrogens with one attached hydrogen (secondary N) is 1. The summed E-state index contributed by atoms with van der Waals surface area (Å²) in [5.41, 5.74) is 0.827. The smallest absolute Gasteiger partial charge is 0.315 e. The van der Waals surface area contributed by atoms with Gasteiger partial charge in [0.1, 0.15) is 10.6 Å². The van der Waals surface area contributed by atoms with Gasteiger partial charge in [0.05, 0.1) is 16.8 Å². The molecule has 32 heavy (non-hydrogen) atoms. The quantitative estimate of drug-likeness (QED) is 0.348. The summed E-state index contributed by atoms with van der Waals surface area (Å²) in [5, 5.41) is 6.94. The number of hydrogen-bond donors (Lipinski definition) is 1. The van der Waals surface area contributed by atoms with Gasteiger partial charge in [0, 0.05) is 4.88 Å². The van der Waals surface area contributed by atoms with Crippen molar-refractivity contribution in [3.63, 3.8) is 0 Å². The maximum atomic E-state index is 14.7. The van der Waals surface area contributed by atoms with E-state index < -0.39 is 11.7 Å². The van der Waals surface area contributed by atoms with Gasteiger partial charge < -0.3 is 4.52 Å². The molecule has 0 unspecified atom stereocenters. The Morgan fingerprint density at radius 1 is 1.28 bits per heavy atom. The molecule has 0 bridgehead atoms. The van der Waals surface area contributed by atoms with E-state index in [1.54, 1.807) is 19.1 Å². The number of para-hydroxylation sites is 1. The minimum atomic E-state index is -0.535. The van der Waals surface area contributed by atoms with Crippen LogP contribution in [0.1, 0.15) is 29.1 Å². The number of fused-ring (bicyclic) bond motifs is 3. The molecule has 0 aliphatic heterocycles. The highest BCUT2D eigenvalue weighted by Crippen LogP contribution is 2.35. The van der Waals surface area contributed by atoms with Gasteiger partial charge in [0.25, 0.3) is 5.56 Å². The van der Waals surface area contributed by atoms with Crippen molar-refractivity contribution >= 4 is 45.2 Å². The third-order valence-electron chi connectivity index (χ3n) is 5.16. The molecule has 3 aromatic heterocycles. The Kier molecular flexibility index (Phi) is 5.51. The normalized spacial score (nSPS) is 13.3. The lowest BCUT2D eigenvalue weighted by Gasteiger charge is -2.14. The van der Waals surface area contributed by atoms with E-state index in [0.29, 0.717) is 16.0 Å². The zero-order chi connectivity index (χ0) is 22.2. The second kappa shape index (κ2) is 8.47. The lowest BCUT2D eigenvalue weighted by atomic mass is 9.97. The molecule has 0 fully saturated rings. The number of aryl methyl sites for hydroxylation is 3. The van der Waals surface area contributed by atoms with E-state index in [1.165, 1.54) is 32.9 Å². The van der Waals surface area contributed by atoms with E-state index >= 15 is 0 Å². The summed E-state index contributed by atoms with van der Waals surface area (Å²) in [6.45, 7) is 1.64. The molecule has 1 N–H and O–H groups in total. The number of thiophene rings is 1. The Hall–Kier alpha value is -3.05. The molecule has 1 aliphatic rings. The van der Waals surface area contributed by atoms with Crippen molar-refractivity contribution < 1.29 is 13.7 Å². The van der Waals surface area contributed by atoms with Crippen LogP contribution in [0, 0.1) is 12.7 Å². The van der Waals surface area contributed by atoms with Crippen LogP contribution in [0.15, 0.2) is 38.7 Å². The van der Waals surface area contributed by atoms with Gasteiger partial charge in [-0.25, -0.2) is 9.37 Å². The fraction of sp³-hybridized carbons (Fsp3) is 0.286. The van der Waals surface area contributed by atoms with Gasteiger partial charge in [-0.3, -0.25) is 19.5 Å². The van der Waals surface area contributed by atoms with Gasteiger partial charge in [-0.2, -0.15) is 4.98 Å². The first-order valence-corrected chi connectivity index (χ1v) is 11.9. The molecule has 0 spiro atoms. The Balaban J connectivity index is 1.56. The Morgan fingerprint density at radius 2 is 2.09 bits per heavy atom. The van der Waals surface area contributed by atoms with Crippen molar-refractivity contribution in [1.82, 2.24) is 19.7 Å². The van der Waals surface area contributed by atoms with Crippen LogP contribution in [0.4, 0.5) is 10.4 Å². The Bertz CT molecular complexity index is 1390. The summed E-state index contributed by atoms with van der Waals surface area (Å²) in [6.07, 6.45) is 3.84. The van der Waals surface area contributed by atoms with Crippen molar-refractivity contribution in [2.45, 2.75) is 37.8 Å². The van der Waals surface area contributed by atoms with Crippen molar-refractivity contribution in [1.29, 1.82) is 0 Å². The predicted molar refractivity (Wildman–Crippen MR) is 120 cm³/mol. The van der Waals surface area contributed by atoms with Crippen molar-refractivity contribution in [2.24, 2.45) is 0 Å². The lowest BCUT2D eigenvalue weighted by molar-refractivity contribution is -0.114. The van der Waals surface area contributed by atoms with E-state index in [0.717, 1.165) is 43.0 Å². The molecule has 1 amide bonds. The number of benzene rings is 1. The summed E-state index contributed by atoms with van der Waals surface area (Å²) in [4.78, 5) is 36.4. The van der Waals surface area contributed by atoms with E-state index in [2.05, 4.69) is 20.4 Å². The summed E-state index contributed by atoms with van der Waals surface area (Å²) < 4.78 is 20.9. The number of aromatic nitrogens is 4. The molecule has 0 radical (unpaired) electrons. The van der Waals surface area contributed by atoms with Crippen LogP contribution in [-0.4, -0.2) is 31.4 Å². The maximum absolute atomic E-state index is 14.7. The van der Waals surface area contributed by atoms with E-state index in [4.69, 9.17) is 4.52 Å². The number of hydrogen-bond acceptors (Lipinski definition) is 8. The first-order chi connectivity index (χ1) is 15.5. The van der Waals surface area contributed by atoms with Gasteiger partial charge in [0.2, 0.25) is 5.91 Å². The molecular weight excluding hydrogens is 453 g/mol. The van der Waals surface area contributed by atoms with Gasteiger partial charge in [0.15, 0.2) is 11.0 Å². The molecule has 3 heterocycles. The van der Waals surface area contributed by atoms with E-state index in [-0.39, 0.29) is 28.2 Å². The highest BCUT2D eigenvalue weighted by Gasteiger charge is 2.24. The molecule has 8 nitrogen and oxygen atoms in total. The van der Waals surface area contributed by atoms with Crippen LogP contribution in [0.2, 0.25) is 0 Å². The third-order valence-corrected chi connectivity index (χ3v) is 7.28. The number of rotatable bonds is 5. The summed E-state index contributed by atoms with van der Waals surface area (Å²) in [5.74, 6) is -0.611. The minimum absolute atomic E-state index is 0.00561. The van der Waals surface area contributed by atoms with Gasteiger partial charge >= 0.3 is 6.01 Å². The second-order valence-corrected chi connectivity index (χ2v) is 9.39. The largest absolute Gasteiger partial charge is 0.328 e. The third kappa shape index (κ3) is 3.82. The van der Waals surface area contributed by atoms with Crippen molar-refractivity contribution in [3.8, 4) is 5.69 Å². The highest BCUT2D eigenvalue weighted by atomic mass is 32.2. The van der Waals surface area contributed by atoms with Crippen LogP contribution in [0.3, 0.4) is 0 Å². The standard InChI is InChI=1S/C21H18FN5O3S2/c1-11-23-20(30-26-11)24-16(28)10-31-21-25-18-17(12-6-2-5-9-15(12)32-18)19(29)27(21)14-8-4-3-7-13(14)22/h3-4,7-8H,2,5-6,9-10H2,1H3,(H,23,24,26,28). The summed E-state index contributed by atoms with van der Waals surface area (Å²) >= 11 is 2.56. The van der Waals surface area contributed by atoms with E-state index in [1.807, 2.05) is 0 Å². The fourth-order valence-electron chi connectivity index (χ4n) is 3.76. The average Bonchev–Trinajstić information content (AvgIpc) is 3.36. The van der Waals surface area contributed by atoms with Crippen molar-refractivity contribution in [2.75, 3.05) is 11.1 Å².